The molecule has 0 saturated carbocycles. The summed E-state index contributed by atoms with van der Waals surface area (Å²) in [6.45, 7) is 1.66. The number of aromatic nitrogens is 4. The Morgan fingerprint density at radius 1 is 1.73 bits per heavy atom. The summed E-state index contributed by atoms with van der Waals surface area (Å²) in [4.78, 5) is 12.7. The molecule has 0 radical (unpaired) electrons. The van der Waals surface area contributed by atoms with E-state index in [4.69, 9.17) is 9.84 Å². The second kappa shape index (κ2) is 4.32. The largest absolute Gasteiger partial charge is 0.480 e. The third-order valence-corrected chi connectivity index (χ3v) is 2.26. The van der Waals surface area contributed by atoms with Crippen LogP contribution in [0.5, 0.6) is 0 Å². The summed E-state index contributed by atoms with van der Waals surface area (Å²) in [5.41, 5.74) is 0. The molecule has 2 rings (SSSR count). The van der Waals surface area contributed by atoms with E-state index in [0.717, 1.165) is 0 Å². The number of carboxylic acid groups (broad SMARTS) is 1. The molecule has 1 aliphatic heterocycles. The predicted octanol–water partition coefficient (Wildman–Crippen LogP) is -1.51. The van der Waals surface area contributed by atoms with Crippen LogP contribution in [0.15, 0.2) is 0 Å². The van der Waals surface area contributed by atoms with Gasteiger partial charge < -0.3 is 9.84 Å². The van der Waals surface area contributed by atoms with Gasteiger partial charge in [-0.2, -0.15) is 5.21 Å². The van der Waals surface area contributed by atoms with E-state index in [2.05, 4.69) is 20.6 Å². The van der Waals surface area contributed by atoms with E-state index in [1.165, 1.54) is 0 Å². The molecule has 82 valence electrons. The SMILES string of the molecule is O=C(O)C1COCCN1Cc1nn[nH]n1. The first-order valence-electron chi connectivity index (χ1n) is 4.54. The molecule has 0 bridgehead atoms. The summed E-state index contributed by atoms with van der Waals surface area (Å²) in [5, 5.41) is 22.3. The quantitative estimate of drug-likeness (QED) is 0.628. The summed E-state index contributed by atoms with van der Waals surface area (Å²) >= 11 is 0. The number of hydrogen-bond acceptors (Lipinski definition) is 6. The number of carbonyl (C=O) groups is 1. The molecule has 2 N–H and O–H groups in total. The highest BCUT2D eigenvalue weighted by atomic mass is 16.5. The predicted molar refractivity (Wildman–Crippen MR) is 46.8 cm³/mol. The molecular formula is C7H11N5O3. The van der Waals surface area contributed by atoms with Gasteiger partial charge in [-0.3, -0.25) is 9.69 Å². The van der Waals surface area contributed by atoms with E-state index < -0.39 is 12.0 Å². The maximum absolute atomic E-state index is 10.9. The van der Waals surface area contributed by atoms with Crippen LogP contribution in [-0.4, -0.2) is 62.4 Å². The Morgan fingerprint density at radius 3 is 3.27 bits per heavy atom. The monoisotopic (exact) mass is 213 g/mol. The lowest BCUT2D eigenvalue weighted by molar-refractivity contribution is -0.150. The zero-order chi connectivity index (χ0) is 10.7. The first kappa shape index (κ1) is 9.99. The molecule has 1 unspecified atom stereocenters. The molecule has 0 aliphatic carbocycles. The van der Waals surface area contributed by atoms with Crippen molar-refractivity contribution in [3.63, 3.8) is 0 Å². The van der Waals surface area contributed by atoms with Gasteiger partial charge in [0.1, 0.15) is 6.04 Å². The van der Waals surface area contributed by atoms with Crippen molar-refractivity contribution in [2.24, 2.45) is 0 Å². The molecule has 1 aromatic rings. The summed E-state index contributed by atoms with van der Waals surface area (Å²) in [6, 6.07) is -0.628. The number of H-pyrrole nitrogens is 1. The van der Waals surface area contributed by atoms with Gasteiger partial charge in [0.2, 0.25) is 0 Å². The van der Waals surface area contributed by atoms with Gasteiger partial charge in [0.25, 0.3) is 0 Å². The molecule has 1 atom stereocenters. The Kier molecular flexibility index (Phi) is 2.88. The van der Waals surface area contributed by atoms with Crippen LogP contribution in [0.1, 0.15) is 5.82 Å². The smallest absolute Gasteiger partial charge is 0.323 e. The number of aromatic amines is 1. The van der Waals surface area contributed by atoms with Gasteiger partial charge in [0, 0.05) is 6.54 Å². The maximum Gasteiger partial charge on any atom is 0.323 e. The third kappa shape index (κ3) is 2.28. The number of carboxylic acids is 1. The second-order valence-electron chi connectivity index (χ2n) is 3.23. The molecule has 1 saturated heterocycles. The normalized spacial score (nSPS) is 22.8. The molecule has 1 fully saturated rings. The van der Waals surface area contributed by atoms with Crippen molar-refractivity contribution < 1.29 is 14.6 Å². The third-order valence-electron chi connectivity index (χ3n) is 2.26. The molecule has 15 heavy (non-hydrogen) atoms. The Labute approximate surface area is 85.2 Å². The van der Waals surface area contributed by atoms with Gasteiger partial charge >= 0.3 is 5.97 Å². The Morgan fingerprint density at radius 2 is 2.60 bits per heavy atom. The molecule has 1 aliphatic rings. The number of nitrogens with zero attached hydrogens (tertiary/aromatic N) is 4. The van der Waals surface area contributed by atoms with E-state index in [1.54, 1.807) is 4.90 Å². The van der Waals surface area contributed by atoms with Gasteiger partial charge in [-0.1, -0.05) is 5.21 Å². The number of tetrazole rings is 1. The lowest BCUT2D eigenvalue weighted by Crippen LogP contribution is -2.49. The lowest BCUT2D eigenvalue weighted by Gasteiger charge is -2.31. The molecule has 8 nitrogen and oxygen atoms in total. The second-order valence-corrected chi connectivity index (χ2v) is 3.23. The van der Waals surface area contributed by atoms with Crippen molar-refractivity contribution in [2.75, 3.05) is 19.8 Å². The summed E-state index contributed by atoms with van der Waals surface area (Å²) < 4.78 is 5.11. The molecule has 1 aromatic heterocycles. The number of ether oxygens (including phenoxy) is 1. The fourth-order valence-corrected chi connectivity index (χ4v) is 1.49. The fourth-order valence-electron chi connectivity index (χ4n) is 1.49. The van der Waals surface area contributed by atoms with Gasteiger partial charge in [-0.15, -0.1) is 10.2 Å². The number of morpholine rings is 1. The first-order chi connectivity index (χ1) is 7.27. The van der Waals surface area contributed by atoms with Crippen LogP contribution in [0.2, 0.25) is 0 Å². The van der Waals surface area contributed by atoms with Gasteiger partial charge in [0.15, 0.2) is 5.82 Å². The molecule has 0 amide bonds. The minimum Gasteiger partial charge on any atom is -0.480 e. The van der Waals surface area contributed by atoms with Crippen molar-refractivity contribution in [1.29, 1.82) is 0 Å². The standard InChI is InChI=1S/C7H11N5O3/c13-7(14)5-4-15-2-1-12(5)3-6-8-10-11-9-6/h5H,1-4H2,(H,13,14)(H,8,9,10,11). The Bertz CT molecular complexity index is 327. The highest BCUT2D eigenvalue weighted by Gasteiger charge is 2.29. The van der Waals surface area contributed by atoms with Crippen molar-refractivity contribution in [2.45, 2.75) is 12.6 Å². The summed E-state index contributed by atoms with van der Waals surface area (Å²) in [6.07, 6.45) is 0. The van der Waals surface area contributed by atoms with Gasteiger partial charge in [-0.05, 0) is 0 Å². The van der Waals surface area contributed by atoms with Gasteiger partial charge in [-0.25, -0.2) is 0 Å². The summed E-state index contributed by atoms with van der Waals surface area (Å²) in [5.74, 6) is -0.402. The number of hydrogen-bond donors (Lipinski definition) is 2. The Hall–Kier alpha value is -1.54. The van der Waals surface area contributed by atoms with E-state index in [1.807, 2.05) is 0 Å². The van der Waals surface area contributed by atoms with E-state index in [-0.39, 0.29) is 6.61 Å². The Balaban J connectivity index is 2.02. The highest BCUT2D eigenvalue weighted by molar-refractivity contribution is 5.73. The summed E-state index contributed by atoms with van der Waals surface area (Å²) in [7, 11) is 0. The minimum absolute atomic E-state index is 0.202. The van der Waals surface area contributed by atoms with E-state index >= 15 is 0 Å². The average molecular weight is 213 g/mol. The van der Waals surface area contributed by atoms with Crippen LogP contribution in [0.3, 0.4) is 0 Å². The molecule has 2 heterocycles. The average Bonchev–Trinajstić information content (AvgIpc) is 2.71. The van der Waals surface area contributed by atoms with Crippen LogP contribution in [0.25, 0.3) is 0 Å². The highest BCUT2D eigenvalue weighted by Crippen LogP contribution is 2.09. The number of rotatable bonds is 3. The minimum atomic E-state index is -0.891. The van der Waals surface area contributed by atoms with Crippen LogP contribution < -0.4 is 0 Å². The number of nitrogens with one attached hydrogen (secondary N) is 1. The van der Waals surface area contributed by atoms with Crippen LogP contribution in [0, 0.1) is 0 Å². The molecule has 0 aromatic carbocycles. The van der Waals surface area contributed by atoms with Crippen LogP contribution in [-0.2, 0) is 16.1 Å². The fraction of sp³-hybridized carbons (Fsp3) is 0.714. The van der Waals surface area contributed by atoms with Crippen LogP contribution in [0.4, 0.5) is 0 Å². The van der Waals surface area contributed by atoms with Gasteiger partial charge in [0.05, 0.1) is 19.8 Å². The van der Waals surface area contributed by atoms with Crippen molar-refractivity contribution in [1.82, 2.24) is 25.5 Å². The molecule has 8 heteroatoms. The van der Waals surface area contributed by atoms with Crippen LogP contribution >= 0.6 is 0 Å². The maximum atomic E-state index is 10.9. The topological polar surface area (TPSA) is 104 Å². The van der Waals surface area contributed by atoms with E-state index in [0.29, 0.717) is 25.5 Å². The van der Waals surface area contributed by atoms with Crippen molar-refractivity contribution in [3.05, 3.63) is 5.82 Å². The zero-order valence-electron chi connectivity index (χ0n) is 7.96. The van der Waals surface area contributed by atoms with Crippen molar-refractivity contribution >= 4 is 5.97 Å². The van der Waals surface area contributed by atoms with Crippen molar-refractivity contribution in [3.8, 4) is 0 Å². The first-order valence-corrected chi connectivity index (χ1v) is 4.54. The van der Waals surface area contributed by atoms with E-state index in [9.17, 15) is 4.79 Å². The lowest BCUT2D eigenvalue weighted by atomic mass is 10.2. The molecular weight excluding hydrogens is 202 g/mol. The zero-order valence-corrected chi connectivity index (χ0v) is 7.96. The molecule has 0 spiro atoms. The number of aliphatic carboxylic acids is 1.